The highest BCUT2D eigenvalue weighted by Crippen LogP contribution is 2.15. The van der Waals surface area contributed by atoms with Crippen molar-refractivity contribution in [3.63, 3.8) is 0 Å². The zero-order valence-electron chi connectivity index (χ0n) is 14.1. The van der Waals surface area contributed by atoms with Gasteiger partial charge in [0.25, 0.3) is 5.91 Å². The third-order valence-electron chi connectivity index (χ3n) is 3.59. The van der Waals surface area contributed by atoms with Gasteiger partial charge in [-0.3, -0.25) is 4.79 Å². The summed E-state index contributed by atoms with van der Waals surface area (Å²) in [5.41, 5.74) is 1.69. The first-order valence-electron chi connectivity index (χ1n) is 7.90. The number of halogens is 1. The Hall–Kier alpha value is -3.48. The Labute approximate surface area is 150 Å². The number of amides is 1. The van der Waals surface area contributed by atoms with Crippen LogP contribution < -0.4 is 15.4 Å². The van der Waals surface area contributed by atoms with E-state index in [0.29, 0.717) is 18.1 Å². The zero-order chi connectivity index (χ0) is 18.4. The Balaban J connectivity index is 1.57. The highest BCUT2D eigenvalue weighted by molar-refractivity contribution is 5.92. The van der Waals surface area contributed by atoms with Crippen LogP contribution in [0, 0.1) is 5.82 Å². The third-order valence-corrected chi connectivity index (χ3v) is 3.59. The number of anilines is 2. The van der Waals surface area contributed by atoms with E-state index in [9.17, 15) is 9.18 Å². The Bertz CT molecular complexity index is 883. The predicted octanol–water partition coefficient (Wildman–Crippen LogP) is 3.30. The molecule has 0 atom stereocenters. The van der Waals surface area contributed by atoms with E-state index in [1.807, 2.05) is 24.3 Å². The van der Waals surface area contributed by atoms with E-state index < -0.39 is 0 Å². The fourth-order valence-corrected chi connectivity index (χ4v) is 2.24. The summed E-state index contributed by atoms with van der Waals surface area (Å²) < 4.78 is 18.3. The lowest BCUT2D eigenvalue weighted by Crippen LogP contribution is -2.24. The van der Waals surface area contributed by atoms with Gasteiger partial charge in [0.1, 0.15) is 23.1 Å². The van der Waals surface area contributed by atoms with Crippen LogP contribution in [0.25, 0.3) is 0 Å². The molecule has 0 aliphatic carbocycles. The zero-order valence-corrected chi connectivity index (χ0v) is 14.1. The molecular weight excluding hydrogens is 335 g/mol. The van der Waals surface area contributed by atoms with Crippen molar-refractivity contribution in [1.82, 2.24) is 15.3 Å². The molecule has 1 aromatic heterocycles. The predicted molar refractivity (Wildman–Crippen MR) is 95.9 cm³/mol. The molecule has 2 N–H and O–H groups in total. The summed E-state index contributed by atoms with van der Waals surface area (Å²) in [5, 5.41) is 5.70. The van der Waals surface area contributed by atoms with Gasteiger partial charge in [-0.25, -0.2) is 14.4 Å². The minimum Gasteiger partial charge on any atom is -0.497 e. The maximum atomic E-state index is 13.2. The van der Waals surface area contributed by atoms with Gasteiger partial charge in [0.2, 0.25) is 0 Å². The summed E-state index contributed by atoms with van der Waals surface area (Å²) in [4.78, 5) is 20.4. The summed E-state index contributed by atoms with van der Waals surface area (Å²) in [6.45, 7) is 0.369. The number of benzene rings is 2. The van der Waals surface area contributed by atoms with Crippen LogP contribution >= 0.6 is 0 Å². The summed E-state index contributed by atoms with van der Waals surface area (Å²) in [6, 6.07) is 13.4. The molecule has 0 saturated carbocycles. The van der Waals surface area contributed by atoms with Gasteiger partial charge >= 0.3 is 0 Å². The first-order chi connectivity index (χ1) is 12.6. The minimum atomic E-state index is -0.350. The lowest BCUT2D eigenvalue weighted by molar-refractivity contribution is 0.0945. The fourth-order valence-electron chi connectivity index (χ4n) is 2.24. The number of carbonyl (C=O) groups is 1. The van der Waals surface area contributed by atoms with Crippen LogP contribution in [0.1, 0.15) is 16.1 Å². The van der Waals surface area contributed by atoms with E-state index in [1.165, 1.54) is 24.5 Å². The lowest BCUT2D eigenvalue weighted by atomic mass is 10.2. The number of nitrogens with zero attached hydrogens (tertiary/aromatic N) is 2. The minimum absolute atomic E-state index is 0.198. The molecule has 1 amide bonds. The number of carbonyl (C=O) groups excluding carboxylic acids is 1. The molecule has 6 nitrogen and oxygen atoms in total. The maximum absolute atomic E-state index is 13.2. The molecule has 3 aromatic rings. The number of hydrogen-bond donors (Lipinski definition) is 2. The monoisotopic (exact) mass is 352 g/mol. The Morgan fingerprint density at radius 3 is 2.58 bits per heavy atom. The van der Waals surface area contributed by atoms with E-state index in [-0.39, 0.29) is 17.4 Å². The van der Waals surface area contributed by atoms with Crippen molar-refractivity contribution >= 4 is 17.4 Å². The highest BCUT2D eigenvalue weighted by Gasteiger charge is 2.08. The maximum Gasteiger partial charge on any atom is 0.271 e. The number of ether oxygens (including phenoxy) is 1. The molecular formula is C19H17FN4O2. The Kier molecular flexibility index (Phi) is 5.38. The lowest BCUT2D eigenvalue weighted by Gasteiger charge is -2.07. The molecule has 3 rings (SSSR count). The standard InChI is InChI=1S/C19H17FN4O2/c1-26-16-7-5-13(6-8-16)10-23-19(25)17-11-22-18(12-21-17)24-15-4-2-3-14(20)9-15/h2-9,11-12H,10H2,1H3,(H,22,24)(H,23,25). The summed E-state index contributed by atoms with van der Waals surface area (Å²) >= 11 is 0. The second-order valence-electron chi connectivity index (χ2n) is 5.45. The molecule has 0 saturated heterocycles. The van der Waals surface area contributed by atoms with Crippen molar-refractivity contribution in [1.29, 1.82) is 0 Å². The van der Waals surface area contributed by atoms with Crippen molar-refractivity contribution in [2.45, 2.75) is 6.54 Å². The Morgan fingerprint density at radius 2 is 1.92 bits per heavy atom. The highest BCUT2D eigenvalue weighted by atomic mass is 19.1. The topological polar surface area (TPSA) is 76.1 Å². The molecule has 0 fully saturated rings. The molecule has 0 unspecified atom stereocenters. The van der Waals surface area contributed by atoms with Gasteiger partial charge in [-0.15, -0.1) is 0 Å². The van der Waals surface area contributed by atoms with Gasteiger partial charge in [-0.2, -0.15) is 0 Å². The van der Waals surface area contributed by atoms with E-state index >= 15 is 0 Å². The molecule has 2 aromatic carbocycles. The van der Waals surface area contributed by atoms with Gasteiger partial charge in [0.05, 0.1) is 19.5 Å². The molecule has 0 radical (unpaired) electrons. The smallest absolute Gasteiger partial charge is 0.271 e. The van der Waals surface area contributed by atoms with Crippen LogP contribution in [0.4, 0.5) is 15.9 Å². The molecule has 0 aliphatic heterocycles. The van der Waals surface area contributed by atoms with Crippen LogP contribution in [0.3, 0.4) is 0 Å². The normalized spacial score (nSPS) is 10.2. The number of hydrogen-bond acceptors (Lipinski definition) is 5. The average molecular weight is 352 g/mol. The first-order valence-corrected chi connectivity index (χ1v) is 7.90. The second kappa shape index (κ2) is 8.06. The van der Waals surface area contributed by atoms with Gasteiger partial charge < -0.3 is 15.4 Å². The van der Waals surface area contributed by atoms with Gasteiger partial charge in [0, 0.05) is 12.2 Å². The quantitative estimate of drug-likeness (QED) is 0.712. The van der Waals surface area contributed by atoms with Crippen molar-refractivity contribution < 1.29 is 13.9 Å². The molecule has 0 aliphatic rings. The molecule has 1 heterocycles. The van der Waals surface area contributed by atoms with Crippen LogP contribution in [-0.4, -0.2) is 23.0 Å². The fraction of sp³-hybridized carbons (Fsp3) is 0.105. The van der Waals surface area contributed by atoms with E-state index in [0.717, 1.165) is 11.3 Å². The second-order valence-corrected chi connectivity index (χ2v) is 5.45. The number of nitrogens with one attached hydrogen (secondary N) is 2. The summed E-state index contributed by atoms with van der Waals surface area (Å²) in [7, 11) is 1.60. The number of aromatic nitrogens is 2. The summed E-state index contributed by atoms with van der Waals surface area (Å²) in [6.07, 6.45) is 2.79. The SMILES string of the molecule is COc1ccc(CNC(=O)c2cnc(Nc3cccc(F)c3)cn2)cc1. The van der Waals surface area contributed by atoms with E-state index in [1.54, 1.807) is 19.2 Å². The molecule has 0 spiro atoms. The third kappa shape index (κ3) is 4.54. The van der Waals surface area contributed by atoms with Gasteiger partial charge in [-0.05, 0) is 35.9 Å². The number of rotatable bonds is 6. The summed E-state index contributed by atoms with van der Waals surface area (Å²) in [5.74, 6) is 0.498. The van der Waals surface area contributed by atoms with Crippen molar-refractivity contribution in [2.24, 2.45) is 0 Å². The first kappa shape index (κ1) is 17.3. The molecule has 7 heteroatoms. The van der Waals surface area contributed by atoms with Crippen molar-refractivity contribution in [3.05, 3.63) is 78.0 Å². The Morgan fingerprint density at radius 1 is 1.12 bits per heavy atom. The molecule has 132 valence electrons. The van der Waals surface area contributed by atoms with Gasteiger partial charge in [-0.1, -0.05) is 18.2 Å². The molecule has 26 heavy (non-hydrogen) atoms. The average Bonchev–Trinajstić information content (AvgIpc) is 2.67. The van der Waals surface area contributed by atoms with Crippen LogP contribution in [0.15, 0.2) is 60.9 Å². The van der Waals surface area contributed by atoms with Crippen LogP contribution in [-0.2, 0) is 6.54 Å². The van der Waals surface area contributed by atoms with Crippen LogP contribution in [0.2, 0.25) is 0 Å². The van der Waals surface area contributed by atoms with Crippen molar-refractivity contribution in [2.75, 3.05) is 12.4 Å². The van der Waals surface area contributed by atoms with Crippen molar-refractivity contribution in [3.8, 4) is 5.75 Å². The largest absolute Gasteiger partial charge is 0.497 e. The molecule has 0 bridgehead atoms. The van der Waals surface area contributed by atoms with Crippen LogP contribution in [0.5, 0.6) is 5.75 Å². The van der Waals surface area contributed by atoms with E-state index in [4.69, 9.17) is 4.74 Å². The number of methoxy groups -OCH3 is 1. The van der Waals surface area contributed by atoms with E-state index in [2.05, 4.69) is 20.6 Å². The van der Waals surface area contributed by atoms with Gasteiger partial charge in [0.15, 0.2) is 0 Å².